The fraction of sp³-hybridized carbons (Fsp3) is 0.636. The van der Waals surface area contributed by atoms with Crippen LogP contribution in [0.1, 0.15) is 82.3 Å². The summed E-state index contributed by atoms with van der Waals surface area (Å²) in [5.74, 6) is 1.84. The van der Waals surface area contributed by atoms with Crippen molar-refractivity contribution >= 4 is 6.08 Å². The molecule has 126 valence electrons. The fourth-order valence-electron chi connectivity index (χ4n) is 4.40. The zero-order valence-corrected chi connectivity index (χ0v) is 14.6. The Morgan fingerprint density at radius 3 is 2.48 bits per heavy atom. The third kappa shape index (κ3) is 4.68. The van der Waals surface area contributed by atoms with E-state index in [2.05, 4.69) is 13.0 Å². The van der Waals surface area contributed by atoms with Crippen molar-refractivity contribution in [1.82, 2.24) is 0 Å². The first-order valence-electron chi connectivity index (χ1n) is 9.72. The van der Waals surface area contributed by atoms with E-state index in [-0.39, 0.29) is 5.82 Å². The summed E-state index contributed by atoms with van der Waals surface area (Å²) in [6.07, 6.45) is 17.1. The highest BCUT2D eigenvalue weighted by molar-refractivity contribution is 5.59. The summed E-state index contributed by atoms with van der Waals surface area (Å²) < 4.78 is 13.4. The molecule has 0 N–H and O–H groups in total. The van der Waals surface area contributed by atoms with E-state index in [1.165, 1.54) is 75.3 Å². The summed E-state index contributed by atoms with van der Waals surface area (Å²) in [7, 11) is 0. The maximum absolute atomic E-state index is 13.4. The molecule has 0 amide bonds. The molecular weight excluding hydrogens is 283 g/mol. The second-order valence-corrected chi connectivity index (χ2v) is 7.71. The number of fused-ring (bicyclic) bond motifs is 1. The van der Waals surface area contributed by atoms with Gasteiger partial charge in [-0.15, -0.1) is 0 Å². The van der Waals surface area contributed by atoms with Crippen molar-refractivity contribution < 1.29 is 4.39 Å². The maximum atomic E-state index is 13.4. The van der Waals surface area contributed by atoms with E-state index < -0.39 is 0 Å². The van der Waals surface area contributed by atoms with Crippen LogP contribution in [-0.4, -0.2) is 0 Å². The number of rotatable bonds is 6. The summed E-state index contributed by atoms with van der Waals surface area (Å²) >= 11 is 0. The molecule has 0 aromatic heterocycles. The lowest BCUT2D eigenvalue weighted by Gasteiger charge is -2.29. The maximum Gasteiger partial charge on any atom is 0.123 e. The molecule has 0 unspecified atom stereocenters. The number of halogens is 1. The Balaban J connectivity index is 1.46. The molecule has 0 aliphatic heterocycles. The highest BCUT2D eigenvalue weighted by atomic mass is 19.1. The van der Waals surface area contributed by atoms with Crippen LogP contribution in [0, 0.1) is 17.7 Å². The highest BCUT2D eigenvalue weighted by Gasteiger charge is 2.21. The first-order valence-corrected chi connectivity index (χ1v) is 9.72. The molecule has 1 saturated carbocycles. The molecule has 0 atom stereocenters. The molecule has 2 aliphatic rings. The van der Waals surface area contributed by atoms with Crippen molar-refractivity contribution in [3.63, 3.8) is 0 Å². The first kappa shape index (κ1) is 16.7. The minimum absolute atomic E-state index is 0.105. The Morgan fingerprint density at radius 1 is 1.00 bits per heavy atom. The Kier molecular flexibility index (Phi) is 5.91. The molecular formula is C22H31F. The lowest BCUT2D eigenvalue weighted by Crippen LogP contribution is -2.15. The molecule has 1 heteroatoms. The van der Waals surface area contributed by atoms with Gasteiger partial charge in [0.05, 0.1) is 0 Å². The van der Waals surface area contributed by atoms with Crippen molar-refractivity contribution in [2.45, 2.75) is 77.6 Å². The molecule has 0 saturated heterocycles. The van der Waals surface area contributed by atoms with E-state index >= 15 is 0 Å². The zero-order chi connectivity index (χ0) is 16.1. The van der Waals surface area contributed by atoms with Crippen LogP contribution < -0.4 is 0 Å². The summed E-state index contributed by atoms with van der Waals surface area (Å²) in [5.41, 5.74) is 3.97. The predicted octanol–water partition coefficient (Wildman–Crippen LogP) is 6.93. The molecule has 1 aromatic carbocycles. The average Bonchev–Trinajstić information content (AvgIpc) is 2.58. The number of unbranched alkanes of at least 4 members (excludes halogenated alkanes) is 1. The Morgan fingerprint density at radius 2 is 1.74 bits per heavy atom. The topological polar surface area (TPSA) is 0 Å². The van der Waals surface area contributed by atoms with Crippen LogP contribution in [0.2, 0.25) is 0 Å². The molecule has 1 aromatic rings. The van der Waals surface area contributed by atoms with Crippen LogP contribution in [0.15, 0.2) is 23.8 Å². The fourth-order valence-corrected chi connectivity index (χ4v) is 4.40. The molecule has 1 fully saturated rings. The Labute approximate surface area is 141 Å². The first-order chi connectivity index (χ1) is 11.2. The lowest BCUT2D eigenvalue weighted by atomic mass is 9.77. The van der Waals surface area contributed by atoms with Crippen LogP contribution >= 0.6 is 0 Å². The monoisotopic (exact) mass is 314 g/mol. The molecule has 0 radical (unpaired) electrons. The number of aryl methyl sites for hydroxylation is 1. The molecule has 3 rings (SSSR count). The van der Waals surface area contributed by atoms with Crippen LogP contribution in [-0.2, 0) is 6.42 Å². The van der Waals surface area contributed by atoms with Crippen molar-refractivity contribution in [3.8, 4) is 0 Å². The van der Waals surface area contributed by atoms with Crippen LogP contribution in [0.5, 0.6) is 0 Å². The average molecular weight is 314 g/mol. The van der Waals surface area contributed by atoms with Gasteiger partial charge < -0.3 is 0 Å². The molecule has 2 aliphatic carbocycles. The molecule has 0 nitrogen and oxygen atoms in total. The van der Waals surface area contributed by atoms with Crippen molar-refractivity contribution in [3.05, 3.63) is 40.7 Å². The van der Waals surface area contributed by atoms with Gasteiger partial charge in [0.2, 0.25) is 0 Å². The van der Waals surface area contributed by atoms with Crippen molar-refractivity contribution in [2.24, 2.45) is 11.8 Å². The number of benzene rings is 1. The Bertz CT molecular complexity index is 535. The standard InChI is InChI=1S/C22H31F/c1-2-3-4-17-5-7-18(8-6-17)9-10-19-11-12-20-13-14-22(23)16-21(20)15-19/h13-18H,2-12H2,1H3. The van der Waals surface area contributed by atoms with Gasteiger partial charge in [0.25, 0.3) is 0 Å². The van der Waals surface area contributed by atoms with Crippen LogP contribution in [0.3, 0.4) is 0 Å². The third-order valence-corrected chi connectivity index (χ3v) is 5.99. The Hall–Kier alpha value is -1.11. The summed E-state index contributed by atoms with van der Waals surface area (Å²) in [5, 5.41) is 0. The highest BCUT2D eigenvalue weighted by Crippen LogP contribution is 2.36. The van der Waals surface area contributed by atoms with E-state index in [0.717, 1.165) is 23.8 Å². The van der Waals surface area contributed by atoms with E-state index in [9.17, 15) is 4.39 Å². The van der Waals surface area contributed by atoms with E-state index in [0.29, 0.717) is 0 Å². The molecule has 0 heterocycles. The second kappa shape index (κ2) is 8.13. The van der Waals surface area contributed by atoms with E-state index in [4.69, 9.17) is 0 Å². The van der Waals surface area contributed by atoms with Gasteiger partial charge in [0.15, 0.2) is 0 Å². The van der Waals surface area contributed by atoms with Gasteiger partial charge in [-0.1, -0.05) is 69.6 Å². The molecule has 23 heavy (non-hydrogen) atoms. The zero-order valence-electron chi connectivity index (χ0n) is 14.6. The van der Waals surface area contributed by atoms with E-state index in [1.54, 1.807) is 12.1 Å². The summed E-state index contributed by atoms with van der Waals surface area (Å²) in [6, 6.07) is 5.25. The van der Waals surface area contributed by atoms with Gasteiger partial charge in [-0.3, -0.25) is 0 Å². The second-order valence-electron chi connectivity index (χ2n) is 7.71. The van der Waals surface area contributed by atoms with Gasteiger partial charge >= 0.3 is 0 Å². The van der Waals surface area contributed by atoms with Crippen molar-refractivity contribution in [2.75, 3.05) is 0 Å². The number of allylic oxidation sites excluding steroid dienone is 1. The lowest BCUT2D eigenvalue weighted by molar-refractivity contribution is 0.249. The minimum atomic E-state index is -0.105. The van der Waals surface area contributed by atoms with Gasteiger partial charge in [0, 0.05) is 0 Å². The summed E-state index contributed by atoms with van der Waals surface area (Å²) in [6.45, 7) is 2.30. The van der Waals surface area contributed by atoms with Crippen molar-refractivity contribution in [1.29, 1.82) is 0 Å². The van der Waals surface area contributed by atoms with Gasteiger partial charge in [-0.2, -0.15) is 0 Å². The van der Waals surface area contributed by atoms with Crippen LogP contribution in [0.25, 0.3) is 6.08 Å². The number of hydrogen-bond donors (Lipinski definition) is 0. The van der Waals surface area contributed by atoms with Gasteiger partial charge in [0.1, 0.15) is 5.82 Å². The van der Waals surface area contributed by atoms with Crippen LogP contribution in [0.4, 0.5) is 4.39 Å². The SMILES string of the molecule is CCCCC1CCC(CCC2=Cc3cc(F)ccc3CC2)CC1. The smallest absolute Gasteiger partial charge is 0.123 e. The minimum Gasteiger partial charge on any atom is -0.207 e. The molecule has 0 spiro atoms. The predicted molar refractivity (Wildman–Crippen MR) is 96.9 cm³/mol. The number of hydrogen-bond acceptors (Lipinski definition) is 0. The quantitative estimate of drug-likeness (QED) is 0.534. The normalized spacial score (nSPS) is 24.2. The largest absolute Gasteiger partial charge is 0.207 e. The van der Waals surface area contributed by atoms with E-state index in [1.807, 2.05) is 6.07 Å². The molecule has 0 bridgehead atoms. The third-order valence-electron chi connectivity index (χ3n) is 5.99. The van der Waals surface area contributed by atoms with Gasteiger partial charge in [-0.05, 0) is 60.8 Å². The van der Waals surface area contributed by atoms with Gasteiger partial charge in [-0.25, -0.2) is 4.39 Å². The summed E-state index contributed by atoms with van der Waals surface area (Å²) in [4.78, 5) is 0.